The van der Waals surface area contributed by atoms with Crippen LogP contribution in [0.3, 0.4) is 0 Å². The molecule has 1 heterocycles. The Morgan fingerprint density at radius 2 is 1.54 bits per heavy atom. The van der Waals surface area contributed by atoms with Crippen LogP contribution in [0.1, 0.15) is 6.92 Å². The number of hydrogen-bond donors (Lipinski definition) is 0. The van der Waals surface area contributed by atoms with Gasteiger partial charge in [-0.3, -0.25) is 0 Å². The molecule has 0 saturated carbocycles. The smallest absolute Gasteiger partial charge is 0.339 e. The van der Waals surface area contributed by atoms with Gasteiger partial charge >= 0.3 is 10.1 Å². The normalized spacial score (nSPS) is 11.7. The molecule has 0 N–H and O–H groups in total. The average Bonchev–Trinajstić information content (AvgIpc) is 3.00. The van der Waals surface area contributed by atoms with E-state index in [1.54, 1.807) is 30.3 Å². The molecule has 0 aliphatic heterocycles. The van der Waals surface area contributed by atoms with Crippen molar-refractivity contribution < 1.29 is 21.8 Å². The first-order valence-corrected chi connectivity index (χ1v) is 9.56. The van der Waals surface area contributed by atoms with Crippen molar-refractivity contribution in [2.45, 2.75) is 11.8 Å². The molecule has 4 rings (SSSR count). The minimum Gasteiger partial charge on any atom is -0.494 e. The van der Waals surface area contributed by atoms with Gasteiger partial charge in [-0.05, 0) is 55.5 Å². The highest BCUT2D eigenvalue weighted by molar-refractivity contribution is 7.87. The highest BCUT2D eigenvalue weighted by Crippen LogP contribution is 2.32. The molecule has 3 aromatic carbocycles. The second-order valence-electron chi connectivity index (χ2n) is 5.70. The first-order chi connectivity index (χ1) is 12.6. The Labute approximate surface area is 150 Å². The Balaban J connectivity index is 1.68. The summed E-state index contributed by atoms with van der Waals surface area (Å²) in [5.41, 5.74) is 1.42. The van der Waals surface area contributed by atoms with Crippen molar-refractivity contribution in [1.82, 2.24) is 0 Å². The Morgan fingerprint density at radius 3 is 2.31 bits per heavy atom. The molecular formula is C20H16O5S. The minimum atomic E-state index is -3.94. The van der Waals surface area contributed by atoms with Crippen LogP contribution < -0.4 is 8.92 Å². The van der Waals surface area contributed by atoms with Crippen LogP contribution in [0.2, 0.25) is 0 Å². The second-order valence-corrected chi connectivity index (χ2v) is 7.24. The lowest BCUT2D eigenvalue weighted by Crippen LogP contribution is -2.09. The predicted octanol–water partition coefficient (Wildman–Crippen LogP) is 4.75. The van der Waals surface area contributed by atoms with Gasteiger partial charge in [0.25, 0.3) is 0 Å². The van der Waals surface area contributed by atoms with Gasteiger partial charge in [0.1, 0.15) is 27.6 Å². The van der Waals surface area contributed by atoms with Crippen LogP contribution in [0.4, 0.5) is 0 Å². The minimum absolute atomic E-state index is 0.0677. The van der Waals surface area contributed by atoms with E-state index in [2.05, 4.69) is 0 Å². The number of furan rings is 1. The summed E-state index contributed by atoms with van der Waals surface area (Å²) in [4.78, 5) is 0.0677. The van der Waals surface area contributed by atoms with Crippen molar-refractivity contribution in [2.24, 2.45) is 0 Å². The molecule has 5 nitrogen and oxygen atoms in total. The van der Waals surface area contributed by atoms with Crippen LogP contribution in [-0.2, 0) is 10.1 Å². The summed E-state index contributed by atoms with van der Waals surface area (Å²) >= 11 is 0. The molecule has 0 saturated heterocycles. The van der Waals surface area contributed by atoms with Crippen molar-refractivity contribution >= 4 is 32.1 Å². The zero-order valence-corrected chi connectivity index (χ0v) is 14.8. The number of fused-ring (bicyclic) bond motifs is 3. The zero-order valence-electron chi connectivity index (χ0n) is 14.0. The van der Waals surface area contributed by atoms with E-state index in [-0.39, 0.29) is 10.6 Å². The average molecular weight is 368 g/mol. The lowest BCUT2D eigenvalue weighted by Gasteiger charge is -2.08. The van der Waals surface area contributed by atoms with Gasteiger partial charge < -0.3 is 13.3 Å². The summed E-state index contributed by atoms with van der Waals surface area (Å²) in [6.07, 6.45) is 0. The Morgan fingerprint density at radius 1 is 0.846 bits per heavy atom. The van der Waals surface area contributed by atoms with Gasteiger partial charge in [-0.2, -0.15) is 8.42 Å². The molecule has 1 aromatic heterocycles. The van der Waals surface area contributed by atoms with E-state index in [0.29, 0.717) is 17.9 Å². The van der Waals surface area contributed by atoms with Gasteiger partial charge in [0.15, 0.2) is 0 Å². The molecule has 0 spiro atoms. The molecule has 0 aliphatic carbocycles. The number of rotatable bonds is 5. The molecule has 0 atom stereocenters. The van der Waals surface area contributed by atoms with Crippen LogP contribution in [-0.4, -0.2) is 15.0 Å². The monoisotopic (exact) mass is 368 g/mol. The molecular weight excluding hydrogens is 352 g/mol. The quantitative estimate of drug-likeness (QED) is 0.476. The Hall–Kier alpha value is -2.99. The topological polar surface area (TPSA) is 65.7 Å². The molecule has 26 heavy (non-hydrogen) atoms. The zero-order chi connectivity index (χ0) is 18.1. The maximum Gasteiger partial charge on any atom is 0.339 e. The second kappa shape index (κ2) is 6.38. The van der Waals surface area contributed by atoms with Crippen molar-refractivity contribution in [3.63, 3.8) is 0 Å². The van der Waals surface area contributed by atoms with E-state index in [1.807, 2.05) is 31.2 Å². The van der Waals surface area contributed by atoms with Crippen LogP contribution in [0.25, 0.3) is 21.9 Å². The summed E-state index contributed by atoms with van der Waals surface area (Å²) in [5, 5.41) is 1.71. The van der Waals surface area contributed by atoms with Gasteiger partial charge in [0, 0.05) is 10.8 Å². The van der Waals surface area contributed by atoms with Crippen molar-refractivity contribution in [2.75, 3.05) is 6.61 Å². The molecule has 0 aliphatic rings. The summed E-state index contributed by atoms with van der Waals surface area (Å²) in [5.74, 6) is 0.843. The molecule has 6 heteroatoms. The SMILES string of the molecule is CCOc1ccc(S(=O)(=O)Oc2ccc3oc4ccccc4c3c2)cc1. The maximum atomic E-state index is 12.5. The van der Waals surface area contributed by atoms with E-state index >= 15 is 0 Å². The van der Waals surface area contributed by atoms with Crippen LogP contribution in [0.15, 0.2) is 76.0 Å². The van der Waals surface area contributed by atoms with Gasteiger partial charge in [0.05, 0.1) is 6.61 Å². The van der Waals surface area contributed by atoms with E-state index in [0.717, 1.165) is 16.4 Å². The summed E-state index contributed by atoms with van der Waals surface area (Å²) < 4.78 is 41.4. The molecule has 0 radical (unpaired) electrons. The summed E-state index contributed by atoms with van der Waals surface area (Å²) in [6, 6.07) is 18.7. The van der Waals surface area contributed by atoms with Gasteiger partial charge in [-0.25, -0.2) is 0 Å². The highest BCUT2D eigenvalue weighted by atomic mass is 32.2. The third kappa shape index (κ3) is 2.99. The van der Waals surface area contributed by atoms with Gasteiger partial charge in [-0.1, -0.05) is 18.2 Å². The van der Waals surface area contributed by atoms with Crippen molar-refractivity contribution in [1.29, 1.82) is 0 Å². The molecule has 4 aromatic rings. The molecule has 0 fully saturated rings. The number of benzene rings is 3. The lowest BCUT2D eigenvalue weighted by molar-refractivity contribution is 0.340. The van der Waals surface area contributed by atoms with Gasteiger partial charge in [0.2, 0.25) is 0 Å². The van der Waals surface area contributed by atoms with Gasteiger partial charge in [-0.15, -0.1) is 0 Å². The molecule has 0 unspecified atom stereocenters. The fourth-order valence-electron chi connectivity index (χ4n) is 2.80. The fourth-order valence-corrected chi connectivity index (χ4v) is 3.72. The molecule has 0 amide bonds. The third-order valence-electron chi connectivity index (χ3n) is 3.98. The standard InChI is InChI=1S/C20H16O5S/c1-2-23-14-7-10-16(11-8-14)26(21,22)25-15-9-12-20-18(13-15)17-5-3-4-6-19(17)24-20/h3-13H,2H2,1H3. The number of para-hydroxylation sites is 1. The maximum absolute atomic E-state index is 12.5. The predicted molar refractivity (Wildman–Crippen MR) is 99.1 cm³/mol. The van der Waals surface area contributed by atoms with E-state index in [9.17, 15) is 8.42 Å². The van der Waals surface area contributed by atoms with Crippen molar-refractivity contribution in [3.8, 4) is 11.5 Å². The lowest BCUT2D eigenvalue weighted by atomic mass is 10.1. The third-order valence-corrected chi connectivity index (χ3v) is 5.24. The fraction of sp³-hybridized carbons (Fsp3) is 0.100. The highest BCUT2D eigenvalue weighted by Gasteiger charge is 2.18. The summed E-state index contributed by atoms with van der Waals surface area (Å²) in [6.45, 7) is 2.38. The summed E-state index contributed by atoms with van der Waals surface area (Å²) in [7, 11) is -3.94. The largest absolute Gasteiger partial charge is 0.494 e. The van der Waals surface area contributed by atoms with Crippen LogP contribution in [0.5, 0.6) is 11.5 Å². The Kier molecular flexibility index (Phi) is 4.05. The first-order valence-electron chi connectivity index (χ1n) is 8.15. The molecule has 0 bridgehead atoms. The number of hydrogen-bond acceptors (Lipinski definition) is 5. The molecule has 132 valence electrons. The van der Waals surface area contributed by atoms with Crippen molar-refractivity contribution in [3.05, 3.63) is 66.7 Å². The first kappa shape index (κ1) is 16.5. The van der Waals surface area contributed by atoms with E-state index in [4.69, 9.17) is 13.3 Å². The van der Waals surface area contributed by atoms with E-state index in [1.165, 1.54) is 12.1 Å². The van der Waals surface area contributed by atoms with Crippen LogP contribution >= 0.6 is 0 Å². The Bertz CT molecular complexity index is 1170. The number of ether oxygens (including phenoxy) is 1. The van der Waals surface area contributed by atoms with E-state index < -0.39 is 10.1 Å². The van der Waals surface area contributed by atoms with Crippen LogP contribution in [0, 0.1) is 0 Å².